The Bertz CT molecular complexity index is 971. The summed E-state index contributed by atoms with van der Waals surface area (Å²) < 4.78 is 1.64. The maximum Gasteiger partial charge on any atom is 0.251 e. The summed E-state index contributed by atoms with van der Waals surface area (Å²) in [6.45, 7) is 4.03. The monoisotopic (exact) mass is 411 g/mol. The number of amides is 2. The normalized spacial score (nSPS) is 11.9. The third-order valence-corrected chi connectivity index (χ3v) is 4.64. The predicted molar refractivity (Wildman–Crippen MR) is 111 cm³/mol. The molecule has 1 atom stereocenters. The Morgan fingerprint density at radius 1 is 1.10 bits per heavy atom. The van der Waals surface area contributed by atoms with Crippen molar-refractivity contribution in [3.8, 4) is 5.82 Å². The van der Waals surface area contributed by atoms with E-state index in [2.05, 4.69) is 20.7 Å². The first-order valence-electron chi connectivity index (χ1n) is 9.23. The average Bonchev–Trinajstić information content (AvgIpc) is 3.25. The number of carbonyl (C=O) groups is 2. The molecule has 2 heterocycles. The summed E-state index contributed by atoms with van der Waals surface area (Å²) in [5.41, 5.74) is 1.26. The van der Waals surface area contributed by atoms with Crippen LogP contribution in [-0.2, 0) is 11.3 Å². The molecule has 0 radical (unpaired) electrons. The summed E-state index contributed by atoms with van der Waals surface area (Å²) in [6.07, 6.45) is 5.13. The van der Waals surface area contributed by atoms with Gasteiger partial charge in [0.05, 0.1) is 0 Å². The van der Waals surface area contributed by atoms with Gasteiger partial charge in [0, 0.05) is 41.3 Å². The van der Waals surface area contributed by atoms with Gasteiger partial charge in [0.1, 0.15) is 6.04 Å². The molecule has 8 heteroatoms. The van der Waals surface area contributed by atoms with E-state index in [1.54, 1.807) is 59.7 Å². The smallest absolute Gasteiger partial charge is 0.251 e. The van der Waals surface area contributed by atoms with Crippen LogP contribution < -0.4 is 10.6 Å². The summed E-state index contributed by atoms with van der Waals surface area (Å²) in [7, 11) is 0. The fourth-order valence-electron chi connectivity index (χ4n) is 2.82. The third kappa shape index (κ3) is 5.20. The highest BCUT2D eigenvalue weighted by Crippen LogP contribution is 2.12. The van der Waals surface area contributed by atoms with Crippen molar-refractivity contribution < 1.29 is 9.59 Å². The van der Waals surface area contributed by atoms with Crippen LogP contribution in [0.4, 0.5) is 0 Å². The maximum absolute atomic E-state index is 12.8. The molecule has 0 aliphatic heterocycles. The molecule has 1 aromatic carbocycles. The molecule has 0 saturated heterocycles. The first kappa shape index (κ1) is 20.5. The minimum atomic E-state index is -0.678. The zero-order valence-corrected chi connectivity index (χ0v) is 16.9. The van der Waals surface area contributed by atoms with E-state index in [0.717, 1.165) is 5.56 Å². The van der Waals surface area contributed by atoms with Crippen LogP contribution in [-0.4, -0.2) is 32.6 Å². The van der Waals surface area contributed by atoms with E-state index in [1.165, 1.54) is 0 Å². The van der Waals surface area contributed by atoms with Crippen LogP contribution in [0.2, 0.25) is 5.02 Å². The SMILES string of the molecule is CC(C)C(NC(=O)c1ccc(Cl)cc1)C(=O)NCc1cccnc1-n1cccn1. The van der Waals surface area contributed by atoms with Gasteiger partial charge in [-0.15, -0.1) is 0 Å². The van der Waals surface area contributed by atoms with E-state index in [1.807, 2.05) is 19.9 Å². The van der Waals surface area contributed by atoms with Gasteiger partial charge >= 0.3 is 0 Å². The van der Waals surface area contributed by atoms with Crippen molar-refractivity contribution in [2.75, 3.05) is 0 Å². The number of nitrogens with one attached hydrogen (secondary N) is 2. The highest BCUT2D eigenvalue weighted by atomic mass is 35.5. The van der Waals surface area contributed by atoms with Crippen molar-refractivity contribution in [2.45, 2.75) is 26.4 Å². The predicted octanol–water partition coefficient (Wildman–Crippen LogP) is 2.99. The second kappa shape index (κ2) is 9.34. The Hall–Kier alpha value is -3.19. The van der Waals surface area contributed by atoms with E-state index in [9.17, 15) is 9.59 Å². The van der Waals surface area contributed by atoms with Crippen molar-refractivity contribution in [3.05, 3.63) is 77.2 Å². The van der Waals surface area contributed by atoms with Crippen LogP contribution in [0, 0.1) is 5.92 Å². The number of benzene rings is 1. The minimum absolute atomic E-state index is 0.0919. The third-order valence-electron chi connectivity index (χ3n) is 4.38. The number of halogens is 1. The highest BCUT2D eigenvalue weighted by molar-refractivity contribution is 6.30. The second-order valence-corrected chi connectivity index (χ2v) is 7.29. The van der Waals surface area contributed by atoms with Gasteiger partial charge in [0.25, 0.3) is 5.91 Å². The van der Waals surface area contributed by atoms with E-state index >= 15 is 0 Å². The quantitative estimate of drug-likeness (QED) is 0.625. The van der Waals surface area contributed by atoms with E-state index in [-0.39, 0.29) is 24.3 Å². The molecule has 150 valence electrons. The Labute approximate surface area is 174 Å². The Morgan fingerprint density at radius 2 is 1.86 bits per heavy atom. The van der Waals surface area contributed by atoms with Gasteiger partial charge < -0.3 is 10.6 Å². The Balaban J connectivity index is 1.68. The Kier molecular flexibility index (Phi) is 6.61. The van der Waals surface area contributed by atoms with E-state index in [4.69, 9.17) is 11.6 Å². The fraction of sp³-hybridized carbons (Fsp3) is 0.238. The van der Waals surface area contributed by atoms with Crippen LogP contribution in [0.5, 0.6) is 0 Å². The number of carbonyl (C=O) groups excluding carboxylic acids is 2. The number of nitrogens with zero attached hydrogens (tertiary/aromatic N) is 3. The lowest BCUT2D eigenvalue weighted by atomic mass is 10.0. The number of rotatable bonds is 7. The molecular formula is C21H22ClN5O2. The maximum atomic E-state index is 12.8. The molecule has 2 amide bonds. The van der Waals surface area contributed by atoms with Gasteiger partial charge in [-0.25, -0.2) is 9.67 Å². The number of hydrogen-bond acceptors (Lipinski definition) is 4. The largest absolute Gasteiger partial charge is 0.350 e. The lowest BCUT2D eigenvalue weighted by Crippen LogP contribution is -2.49. The van der Waals surface area contributed by atoms with Crippen LogP contribution >= 0.6 is 11.6 Å². The Morgan fingerprint density at radius 3 is 2.52 bits per heavy atom. The molecule has 0 aliphatic rings. The first-order valence-corrected chi connectivity index (χ1v) is 9.61. The lowest BCUT2D eigenvalue weighted by Gasteiger charge is -2.22. The number of pyridine rings is 1. The summed E-state index contributed by atoms with van der Waals surface area (Å²) in [5.74, 6) is -0.0402. The summed E-state index contributed by atoms with van der Waals surface area (Å²) in [6, 6.07) is 11.3. The van der Waals surface area contributed by atoms with Crippen LogP contribution in [0.1, 0.15) is 29.8 Å². The average molecular weight is 412 g/mol. The van der Waals surface area contributed by atoms with Gasteiger partial charge in [0.15, 0.2) is 5.82 Å². The first-order chi connectivity index (χ1) is 14.0. The van der Waals surface area contributed by atoms with Gasteiger partial charge in [-0.1, -0.05) is 31.5 Å². The molecule has 0 saturated carbocycles. The van der Waals surface area contributed by atoms with Crippen molar-refractivity contribution in [2.24, 2.45) is 5.92 Å². The summed E-state index contributed by atoms with van der Waals surface area (Å²) in [5, 5.41) is 10.4. The van der Waals surface area contributed by atoms with E-state index < -0.39 is 6.04 Å². The molecule has 0 fully saturated rings. The fourth-order valence-corrected chi connectivity index (χ4v) is 2.95. The molecule has 2 N–H and O–H groups in total. The van der Waals surface area contributed by atoms with Crippen molar-refractivity contribution in [1.29, 1.82) is 0 Å². The van der Waals surface area contributed by atoms with Crippen molar-refractivity contribution >= 4 is 23.4 Å². The topological polar surface area (TPSA) is 88.9 Å². The standard InChI is InChI=1S/C21H22ClN5O2/c1-14(2)18(26-20(28)15-6-8-17(22)9-7-15)21(29)24-13-16-5-3-10-23-19(16)27-12-4-11-25-27/h3-12,14,18H,13H2,1-2H3,(H,24,29)(H,26,28). The molecule has 29 heavy (non-hydrogen) atoms. The molecule has 3 aromatic rings. The number of hydrogen-bond donors (Lipinski definition) is 2. The molecule has 3 rings (SSSR count). The molecule has 0 spiro atoms. The van der Waals surface area contributed by atoms with E-state index in [0.29, 0.717) is 16.4 Å². The lowest BCUT2D eigenvalue weighted by molar-refractivity contribution is -0.124. The molecule has 0 aliphatic carbocycles. The van der Waals surface area contributed by atoms with Crippen LogP contribution in [0.15, 0.2) is 61.1 Å². The van der Waals surface area contributed by atoms with Gasteiger partial charge in [-0.3, -0.25) is 9.59 Å². The van der Waals surface area contributed by atoms with Gasteiger partial charge in [-0.2, -0.15) is 5.10 Å². The minimum Gasteiger partial charge on any atom is -0.350 e. The zero-order valence-electron chi connectivity index (χ0n) is 16.2. The van der Waals surface area contributed by atoms with Gasteiger partial charge in [0.2, 0.25) is 5.91 Å². The highest BCUT2D eigenvalue weighted by Gasteiger charge is 2.24. The summed E-state index contributed by atoms with van der Waals surface area (Å²) in [4.78, 5) is 29.6. The molecular weight excluding hydrogens is 390 g/mol. The molecule has 0 bridgehead atoms. The van der Waals surface area contributed by atoms with Crippen molar-refractivity contribution in [1.82, 2.24) is 25.4 Å². The second-order valence-electron chi connectivity index (χ2n) is 6.86. The van der Waals surface area contributed by atoms with Crippen LogP contribution in [0.3, 0.4) is 0 Å². The van der Waals surface area contributed by atoms with Crippen LogP contribution in [0.25, 0.3) is 5.82 Å². The molecule has 2 aromatic heterocycles. The number of aromatic nitrogens is 3. The summed E-state index contributed by atoms with van der Waals surface area (Å²) >= 11 is 5.87. The molecule has 1 unspecified atom stereocenters. The zero-order chi connectivity index (χ0) is 20.8. The van der Waals surface area contributed by atoms with Crippen molar-refractivity contribution in [3.63, 3.8) is 0 Å². The molecule has 7 nitrogen and oxygen atoms in total. The van der Waals surface area contributed by atoms with Gasteiger partial charge in [-0.05, 0) is 42.3 Å².